The van der Waals surface area contributed by atoms with E-state index in [2.05, 4.69) is 63.7 Å². The Balaban J connectivity index is 2.75. The molecule has 0 aliphatic carbocycles. The van der Waals surface area contributed by atoms with Crippen LogP contribution in [0, 0.1) is 0 Å². The molecule has 0 radical (unpaired) electrons. The predicted octanol–water partition coefficient (Wildman–Crippen LogP) is 6.25. The maximum atomic E-state index is 13.3. The molecule has 128 valence electrons. The molecule has 0 aliphatic rings. The summed E-state index contributed by atoms with van der Waals surface area (Å²) < 4.78 is 12.4. The number of rotatable bonds is 6. The van der Waals surface area contributed by atoms with Gasteiger partial charge in [0.15, 0.2) is 0 Å². The van der Waals surface area contributed by atoms with Crippen LogP contribution in [0.1, 0.15) is 27.0 Å². The van der Waals surface area contributed by atoms with E-state index >= 15 is 0 Å². The van der Waals surface area contributed by atoms with Crippen LogP contribution in [-0.2, 0) is 10.7 Å². The molecular formula is C17H14Br4O3. The average molecular weight is 586 g/mol. The van der Waals surface area contributed by atoms with Crippen LogP contribution in [0.4, 0.5) is 0 Å². The van der Waals surface area contributed by atoms with Crippen molar-refractivity contribution in [3.8, 4) is 11.5 Å². The summed E-state index contributed by atoms with van der Waals surface area (Å²) in [6.45, 7) is 0. The fourth-order valence-corrected chi connectivity index (χ4v) is 4.30. The van der Waals surface area contributed by atoms with Gasteiger partial charge in [-0.25, -0.2) is 0 Å². The highest BCUT2D eigenvalue weighted by Crippen LogP contribution is 2.39. The molecule has 0 amide bonds. The fourth-order valence-electron chi connectivity index (χ4n) is 2.43. The summed E-state index contributed by atoms with van der Waals surface area (Å²) in [6, 6.07) is 7.52. The second-order valence-electron chi connectivity index (χ2n) is 4.83. The average Bonchev–Trinajstić information content (AvgIpc) is 2.60. The molecule has 2 aromatic rings. The first-order valence-electron chi connectivity index (χ1n) is 6.87. The van der Waals surface area contributed by atoms with E-state index in [-0.39, 0.29) is 5.78 Å². The molecule has 0 saturated carbocycles. The van der Waals surface area contributed by atoms with Gasteiger partial charge in [0.1, 0.15) is 11.5 Å². The summed E-state index contributed by atoms with van der Waals surface area (Å²) in [6.07, 6.45) is 0. The van der Waals surface area contributed by atoms with E-state index in [0.29, 0.717) is 42.2 Å². The van der Waals surface area contributed by atoms with Crippen LogP contribution in [-0.4, -0.2) is 20.0 Å². The number of carbonyl (C=O) groups is 1. The molecule has 7 heteroatoms. The van der Waals surface area contributed by atoms with Gasteiger partial charge in [-0.1, -0.05) is 44.0 Å². The van der Waals surface area contributed by atoms with Crippen LogP contribution in [0.5, 0.6) is 11.5 Å². The number of ether oxygens (including phenoxy) is 2. The van der Waals surface area contributed by atoms with Crippen molar-refractivity contribution >= 4 is 69.5 Å². The number of alkyl halides is 2. The Labute approximate surface area is 174 Å². The number of ketones is 1. The highest BCUT2D eigenvalue weighted by atomic mass is 79.9. The standard InChI is InChI=1S/C17H14Br4O3/c1-23-16-9(7-18)3-5-11(20)13(16)15(22)14-12(21)6-4-10(8-19)17(14)24-2/h3-6H,7-8H2,1-2H3. The maximum absolute atomic E-state index is 13.3. The van der Waals surface area contributed by atoms with Gasteiger partial charge in [-0.2, -0.15) is 0 Å². The second-order valence-corrected chi connectivity index (χ2v) is 7.66. The lowest BCUT2D eigenvalue weighted by Crippen LogP contribution is -2.10. The predicted molar refractivity (Wildman–Crippen MR) is 110 cm³/mol. The summed E-state index contributed by atoms with van der Waals surface area (Å²) in [5.74, 6) is 0.918. The van der Waals surface area contributed by atoms with E-state index in [0.717, 1.165) is 11.1 Å². The van der Waals surface area contributed by atoms with Crippen molar-refractivity contribution in [1.29, 1.82) is 0 Å². The molecule has 0 saturated heterocycles. The Hall–Kier alpha value is -0.370. The van der Waals surface area contributed by atoms with Crippen LogP contribution in [0.2, 0.25) is 0 Å². The summed E-state index contributed by atoms with van der Waals surface area (Å²) >= 11 is 13.8. The molecule has 0 spiro atoms. The summed E-state index contributed by atoms with van der Waals surface area (Å²) in [4.78, 5) is 13.3. The number of methoxy groups -OCH3 is 2. The Morgan fingerprint density at radius 2 is 1.21 bits per heavy atom. The van der Waals surface area contributed by atoms with Crippen molar-refractivity contribution in [2.75, 3.05) is 14.2 Å². The van der Waals surface area contributed by atoms with Crippen molar-refractivity contribution in [3.05, 3.63) is 55.5 Å². The fraction of sp³-hybridized carbons (Fsp3) is 0.235. The normalized spacial score (nSPS) is 10.6. The van der Waals surface area contributed by atoms with E-state index in [1.807, 2.05) is 24.3 Å². The van der Waals surface area contributed by atoms with Gasteiger partial charge in [-0.15, -0.1) is 0 Å². The molecule has 0 unspecified atom stereocenters. The minimum Gasteiger partial charge on any atom is -0.496 e. The number of benzene rings is 2. The highest BCUT2D eigenvalue weighted by Gasteiger charge is 2.26. The molecular weight excluding hydrogens is 572 g/mol. The van der Waals surface area contributed by atoms with Gasteiger partial charge in [0.05, 0.1) is 25.3 Å². The largest absolute Gasteiger partial charge is 0.496 e. The number of hydrogen-bond donors (Lipinski definition) is 0. The lowest BCUT2D eigenvalue weighted by Gasteiger charge is -2.17. The first-order chi connectivity index (χ1) is 11.5. The highest BCUT2D eigenvalue weighted by molar-refractivity contribution is 9.11. The zero-order valence-corrected chi connectivity index (χ0v) is 19.3. The third-order valence-electron chi connectivity index (χ3n) is 3.53. The zero-order valence-electron chi connectivity index (χ0n) is 13.0. The van der Waals surface area contributed by atoms with Crippen LogP contribution >= 0.6 is 63.7 Å². The number of halogens is 4. The number of hydrogen-bond acceptors (Lipinski definition) is 3. The van der Waals surface area contributed by atoms with Gasteiger partial charge in [0.25, 0.3) is 0 Å². The van der Waals surface area contributed by atoms with E-state index in [1.165, 1.54) is 0 Å². The minimum atomic E-state index is -0.173. The van der Waals surface area contributed by atoms with E-state index in [1.54, 1.807) is 14.2 Å². The van der Waals surface area contributed by atoms with Gasteiger partial charge in [-0.05, 0) is 44.0 Å². The molecule has 0 heterocycles. The topological polar surface area (TPSA) is 35.5 Å². The van der Waals surface area contributed by atoms with Crippen LogP contribution in [0.15, 0.2) is 33.2 Å². The monoisotopic (exact) mass is 582 g/mol. The molecule has 0 fully saturated rings. The van der Waals surface area contributed by atoms with Crippen LogP contribution in [0.3, 0.4) is 0 Å². The zero-order chi connectivity index (χ0) is 17.9. The Kier molecular flexibility index (Phi) is 7.34. The smallest absolute Gasteiger partial charge is 0.202 e. The lowest BCUT2D eigenvalue weighted by atomic mass is 9.98. The van der Waals surface area contributed by atoms with Gasteiger partial charge in [0.2, 0.25) is 5.78 Å². The molecule has 0 bridgehead atoms. The second kappa shape index (κ2) is 8.83. The molecule has 2 aromatic carbocycles. The lowest BCUT2D eigenvalue weighted by molar-refractivity contribution is 0.103. The summed E-state index contributed by atoms with van der Waals surface area (Å²) in [7, 11) is 3.12. The van der Waals surface area contributed by atoms with Gasteiger partial charge in [-0.3, -0.25) is 4.79 Å². The van der Waals surface area contributed by atoms with Gasteiger partial charge >= 0.3 is 0 Å². The molecule has 2 rings (SSSR count). The third kappa shape index (κ3) is 3.74. The van der Waals surface area contributed by atoms with Crippen molar-refractivity contribution in [2.45, 2.75) is 10.7 Å². The van der Waals surface area contributed by atoms with Gasteiger partial charge < -0.3 is 9.47 Å². The first kappa shape index (κ1) is 19.9. The van der Waals surface area contributed by atoms with Crippen LogP contribution < -0.4 is 9.47 Å². The molecule has 3 nitrogen and oxygen atoms in total. The Bertz CT molecular complexity index is 711. The SMILES string of the molecule is COc1c(CBr)ccc(Br)c1C(=O)c1c(Br)ccc(CBr)c1OC. The molecule has 0 N–H and O–H groups in total. The summed E-state index contributed by atoms with van der Waals surface area (Å²) in [5, 5.41) is 1.17. The van der Waals surface area contributed by atoms with E-state index < -0.39 is 0 Å². The molecule has 0 aromatic heterocycles. The molecule has 0 atom stereocenters. The van der Waals surface area contributed by atoms with E-state index in [4.69, 9.17) is 9.47 Å². The molecule has 24 heavy (non-hydrogen) atoms. The van der Waals surface area contributed by atoms with Crippen molar-refractivity contribution in [3.63, 3.8) is 0 Å². The minimum absolute atomic E-state index is 0.173. The van der Waals surface area contributed by atoms with Crippen molar-refractivity contribution in [2.24, 2.45) is 0 Å². The summed E-state index contributed by atoms with van der Waals surface area (Å²) in [5.41, 5.74) is 2.74. The first-order valence-corrected chi connectivity index (χ1v) is 10.7. The Morgan fingerprint density at radius 3 is 1.50 bits per heavy atom. The van der Waals surface area contributed by atoms with Crippen molar-refractivity contribution in [1.82, 2.24) is 0 Å². The van der Waals surface area contributed by atoms with Gasteiger partial charge in [0, 0.05) is 30.7 Å². The maximum Gasteiger partial charge on any atom is 0.202 e. The Morgan fingerprint density at radius 1 is 0.833 bits per heavy atom. The molecule has 0 aliphatic heterocycles. The van der Waals surface area contributed by atoms with Crippen molar-refractivity contribution < 1.29 is 14.3 Å². The van der Waals surface area contributed by atoms with Crippen LogP contribution in [0.25, 0.3) is 0 Å². The number of carbonyl (C=O) groups excluding carboxylic acids is 1. The quantitative estimate of drug-likeness (QED) is 0.297. The van der Waals surface area contributed by atoms with E-state index in [9.17, 15) is 4.79 Å². The third-order valence-corrected chi connectivity index (χ3v) is 6.06.